The molecule has 4 aromatic rings. The van der Waals surface area contributed by atoms with Crippen molar-refractivity contribution < 1.29 is 26.4 Å². The molecule has 1 saturated carbocycles. The lowest BCUT2D eigenvalue weighted by molar-refractivity contribution is 0.401. The third-order valence-corrected chi connectivity index (χ3v) is 9.28. The van der Waals surface area contributed by atoms with Gasteiger partial charge in [-0.25, -0.2) is 26.4 Å². The Morgan fingerprint density at radius 1 is 0.821 bits per heavy atom. The first kappa shape index (κ1) is 26.7. The van der Waals surface area contributed by atoms with Crippen LogP contribution >= 0.6 is 0 Å². The van der Waals surface area contributed by atoms with Crippen LogP contribution in [-0.2, 0) is 26.6 Å². The molecule has 1 aliphatic rings. The van der Waals surface area contributed by atoms with Crippen molar-refractivity contribution in [3.8, 4) is 5.75 Å². The zero-order valence-electron chi connectivity index (χ0n) is 20.6. The third-order valence-electron chi connectivity index (χ3n) is 6.46. The topological polar surface area (TPSA) is 143 Å². The fraction of sp³-hybridized carbons (Fsp3) is 0.179. The third kappa shape index (κ3) is 6.06. The van der Waals surface area contributed by atoms with Crippen LogP contribution in [0.4, 0.5) is 5.69 Å². The fourth-order valence-electron chi connectivity index (χ4n) is 4.47. The standard InChI is InChI=1S/C28H26N2O7S2/c31-25-17-22(18-29-38(33,34)23-10-3-1-4-11-23)37-28(32)27(25)26(19-14-15-19)20-8-7-9-21(16-20)30-39(35,36)24-12-5-2-6-13-24/h1-13,16-17,19,26,29-31H,14-15,18H2. The average molecular weight is 567 g/mol. The highest BCUT2D eigenvalue weighted by Gasteiger charge is 2.37. The van der Waals surface area contributed by atoms with Gasteiger partial charge in [-0.2, -0.15) is 0 Å². The Morgan fingerprint density at radius 2 is 1.44 bits per heavy atom. The minimum Gasteiger partial charge on any atom is -0.507 e. The number of anilines is 1. The minimum absolute atomic E-state index is 0.0420. The minimum atomic E-state index is -3.85. The molecule has 0 spiro atoms. The summed E-state index contributed by atoms with van der Waals surface area (Å²) < 4.78 is 61.0. The maximum absolute atomic E-state index is 13.1. The van der Waals surface area contributed by atoms with Crippen LogP contribution in [0.3, 0.4) is 0 Å². The van der Waals surface area contributed by atoms with E-state index in [0.717, 1.165) is 12.8 Å². The molecule has 1 aromatic heterocycles. The molecule has 9 nitrogen and oxygen atoms in total. The van der Waals surface area contributed by atoms with Gasteiger partial charge in [-0.15, -0.1) is 0 Å². The number of aromatic hydroxyl groups is 1. The van der Waals surface area contributed by atoms with E-state index < -0.39 is 31.6 Å². The first-order valence-electron chi connectivity index (χ1n) is 12.2. The molecule has 3 aromatic carbocycles. The molecule has 11 heteroatoms. The maximum atomic E-state index is 13.1. The summed E-state index contributed by atoms with van der Waals surface area (Å²) in [6.07, 6.45) is 1.64. The Hall–Kier alpha value is -3.93. The number of hydrogen-bond acceptors (Lipinski definition) is 7. The Bertz CT molecular complexity index is 1750. The van der Waals surface area contributed by atoms with E-state index in [1.165, 1.54) is 30.3 Å². The monoisotopic (exact) mass is 566 g/mol. The summed E-state index contributed by atoms with van der Waals surface area (Å²) in [5.41, 5.74) is 0.232. The molecular weight excluding hydrogens is 540 g/mol. The van der Waals surface area contributed by atoms with E-state index in [9.17, 15) is 26.7 Å². The predicted octanol–water partition coefficient (Wildman–Crippen LogP) is 4.17. The molecule has 3 N–H and O–H groups in total. The summed E-state index contributed by atoms with van der Waals surface area (Å²) in [6, 6.07) is 23.7. The molecule has 1 aliphatic carbocycles. The van der Waals surface area contributed by atoms with Crippen molar-refractivity contribution >= 4 is 25.7 Å². The molecule has 0 bridgehead atoms. The first-order chi connectivity index (χ1) is 18.6. The van der Waals surface area contributed by atoms with Crippen molar-refractivity contribution in [3.63, 3.8) is 0 Å². The van der Waals surface area contributed by atoms with E-state index in [-0.39, 0.29) is 39.3 Å². The van der Waals surface area contributed by atoms with Crippen molar-refractivity contribution in [3.05, 3.63) is 118 Å². The lowest BCUT2D eigenvalue weighted by Gasteiger charge is -2.19. The summed E-state index contributed by atoms with van der Waals surface area (Å²) >= 11 is 0. The first-order valence-corrected chi connectivity index (χ1v) is 15.2. The molecular formula is C28H26N2O7S2. The molecule has 0 amide bonds. The van der Waals surface area contributed by atoms with E-state index >= 15 is 0 Å². The molecule has 1 atom stereocenters. The largest absolute Gasteiger partial charge is 0.507 e. The van der Waals surface area contributed by atoms with Crippen LogP contribution in [0.25, 0.3) is 0 Å². The fourth-order valence-corrected chi connectivity index (χ4v) is 6.56. The van der Waals surface area contributed by atoms with E-state index in [1.54, 1.807) is 60.7 Å². The number of nitrogens with one attached hydrogen (secondary N) is 2. The Labute approximate surface area is 226 Å². The summed E-state index contributed by atoms with van der Waals surface area (Å²) in [5.74, 6) is -0.827. The van der Waals surface area contributed by atoms with Crippen molar-refractivity contribution in [1.29, 1.82) is 0 Å². The average Bonchev–Trinajstić information content (AvgIpc) is 3.76. The van der Waals surface area contributed by atoms with Gasteiger partial charge in [0, 0.05) is 17.7 Å². The molecule has 0 saturated heterocycles. The van der Waals surface area contributed by atoms with Crippen LogP contribution < -0.4 is 15.1 Å². The number of sulfonamides is 2. The van der Waals surface area contributed by atoms with Gasteiger partial charge in [-0.1, -0.05) is 48.5 Å². The number of rotatable bonds is 10. The smallest absolute Gasteiger partial charge is 0.343 e. The summed E-state index contributed by atoms with van der Waals surface area (Å²) in [7, 11) is -7.67. The van der Waals surface area contributed by atoms with E-state index in [2.05, 4.69) is 9.44 Å². The lowest BCUT2D eigenvalue weighted by atomic mass is 9.87. The van der Waals surface area contributed by atoms with Crippen LogP contribution in [-0.4, -0.2) is 21.9 Å². The quantitative estimate of drug-likeness (QED) is 0.261. The van der Waals surface area contributed by atoms with Crippen molar-refractivity contribution in [1.82, 2.24) is 4.72 Å². The van der Waals surface area contributed by atoms with Crippen molar-refractivity contribution in [2.24, 2.45) is 5.92 Å². The maximum Gasteiger partial charge on any atom is 0.343 e. The highest BCUT2D eigenvalue weighted by Crippen LogP contribution is 2.48. The Morgan fingerprint density at radius 3 is 2.03 bits per heavy atom. The van der Waals surface area contributed by atoms with Gasteiger partial charge in [-0.05, 0) is 60.7 Å². The summed E-state index contributed by atoms with van der Waals surface area (Å²) in [5, 5.41) is 10.9. The van der Waals surface area contributed by atoms with E-state index in [4.69, 9.17) is 4.42 Å². The second-order valence-corrected chi connectivity index (χ2v) is 12.7. The Balaban J connectivity index is 1.41. The van der Waals surface area contributed by atoms with Crippen LogP contribution in [0.15, 0.2) is 110 Å². The second-order valence-electron chi connectivity index (χ2n) is 9.30. The molecule has 0 aliphatic heterocycles. The van der Waals surface area contributed by atoms with Gasteiger partial charge in [0.25, 0.3) is 10.0 Å². The molecule has 1 heterocycles. The van der Waals surface area contributed by atoms with Gasteiger partial charge in [0.2, 0.25) is 10.0 Å². The zero-order chi connectivity index (χ0) is 27.6. The zero-order valence-corrected chi connectivity index (χ0v) is 22.3. The van der Waals surface area contributed by atoms with Gasteiger partial charge in [0.05, 0.1) is 21.9 Å². The van der Waals surface area contributed by atoms with Gasteiger partial charge in [0.15, 0.2) is 0 Å². The lowest BCUT2D eigenvalue weighted by Crippen LogP contribution is -2.24. The number of hydrogen-bond donors (Lipinski definition) is 3. The van der Waals surface area contributed by atoms with Gasteiger partial charge >= 0.3 is 5.63 Å². The predicted molar refractivity (Wildman–Crippen MR) is 145 cm³/mol. The molecule has 1 fully saturated rings. The molecule has 202 valence electrons. The van der Waals surface area contributed by atoms with Crippen LogP contribution in [0.2, 0.25) is 0 Å². The second kappa shape index (κ2) is 10.7. The van der Waals surface area contributed by atoms with E-state index in [0.29, 0.717) is 11.3 Å². The van der Waals surface area contributed by atoms with Crippen molar-refractivity contribution in [2.45, 2.75) is 35.1 Å². The number of benzene rings is 3. The van der Waals surface area contributed by atoms with Crippen molar-refractivity contribution in [2.75, 3.05) is 4.72 Å². The SMILES string of the molecule is O=c1oc(CNS(=O)(=O)c2ccccc2)cc(O)c1C(c1cccc(NS(=O)(=O)c2ccccc2)c1)C1CC1. The normalized spacial score (nSPS) is 14.6. The van der Waals surface area contributed by atoms with Crippen LogP contribution in [0, 0.1) is 5.92 Å². The molecule has 0 radical (unpaired) electrons. The highest BCUT2D eigenvalue weighted by molar-refractivity contribution is 7.92. The van der Waals surface area contributed by atoms with E-state index in [1.807, 2.05) is 0 Å². The van der Waals surface area contributed by atoms with Gasteiger partial charge in [-0.3, -0.25) is 4.72 Å². The molecule has 5 rings (SSSR count). The van der Waals surface area contributed by atoms with Gasteiger partial charge < -0.3 is 9.52 Å². The summed E-state index contributed by atoms with van der Waals surface area (Å²) in [4.78, 5) is 13.3. The highest BCUT2D eigenvalue weighted by atomic mass is 32.2. The molecule has 39 heavy (non-hydrogen) atoms. The Kier molecular flexibility index (Phi) is 7.30. The van der Waals surface area contributed by atoms with Gasteiger partial charge in [0.1, 0.15) is 11.5 Å². The summed E-state index contributed by atoms with van der Waals surface area (Å²) in [6.45, 7) is -0.328. The van der Waals surface area contributed by atoms with Crippen LogP contribution in [0.5, 0.6) is 5.75 Å². The molecule has 1 unspecified atom stereocenters. The van der Waals surface area contributed by atoms with Crippen LogP contribution in [0.1, 0.15) is 35.6 Å².